The summed E-state index contributed by atoms with van der Waals surface area (Å²) in [6, 6.07) is 8.90. The summed E-state index contributed by atoms with van der Waals surface area (Å²) < 4.78 is 0. The van der Waals surface area contributed by atoms with Crippen LogP contribution in [0.1, 0.15) is 22.6 Å². The molecule has 0 atom stereocenters. The van der Waals surface area contributed by atoms with Gasteiger partial charge in [0.2, 0.25) is 0 Å². The lowest BCUT2D eigenvalue weighted by Gasteiger charge is -2.34. The van der Waals surface area contributed by atoms with Gasteiger partial charge in [0.25, 0.3) is 0 Å². The van der Waals surface area contributed by atoms with E-state index in [-0.39, 0.29) is 0 Å². The summed E-state index contributed by atoms with van der Waals surface area (Å²) in [4.78, 5) is 6.86. The monoisotopic (exact) mass is 359 g/mol. The molecule has 2 aromatic rings. The van der Waals surface area contributed by atoms with Crippen LogP contribution < -0.4 is 14.7 Å². The van der Waals surface area contributed by atoms with Gasteiger partial charge in [0.15, 0.2) is 0 Å². The van der Waals surface area contributed by atoms with Crippen molar-refractivity contribution in [3.8, 4) is 11.1 Å². The average Bonchev–Trinajstić information content (AvgIpc) is 3.26. The lowest BCUT2D eigenvalue weighted by Crippen LogP contribution is -2.24. The van der Waals surface area contributed by atoms with Crippen LogP contribution in [0.4, 0.5) is 17.1 Å². The number of allylic oxidation sites excluding steroid dienone is 4. The first-order valence-electron chi connectivity index (χ1n) is 9.59. The normalized spacial score (nSPS) is 14.4. The molecule has 0 aliphatic heterocycles. The van der Waals surface area contributed by atoms with Crippen molar-refractivity contribution in [1.29, 1.82) is 0 Å². The Balaban J connectivity index is 2.18. The summed E-state index contributed by atoms with van der Waals surface area (Å²) in [6.07, 6.45) is 9.98. The summed E-state index contributed by atoms with van der Waals surface area (Å²) in [6.45, 7) is 0. The number of rotatable bonds is 4. The second-order valence-corrected chi connectivity index (χ2v) is 8.13. The largest absolute Gasteiger partial charge is 0.376 e. The molecule has 0 amide bonds. The standard InChI is InChI=1S/C24H29N3/c1-25(2)22-19-15-17-13-9-10-14-18(17)21(19)20(16-11-7-8-12-16)23(26(3)4)24(22)27(5)6/h7-14,16H,15H2,1-6H3. The topological polar surface area (TPSA) is 9.72 Å². The van der Waals surface area contributed by atoms with Crippen molar-refractivity contribution in [2.24, 2.45) is 0 Å². The quantitative estimate of drug-likeness (QED) is 0.670. The van der Waals surface area contributed by atoms with E-state index < -0.39 is 0 Å². The summed E-state index contributed by atoms with van der Waals surface area (Å²) in [5.41, 5.74) is 11.1. The van der Waals surface area contributed by atoms with Crippen LogP contribution in [0.15, 0.2) is 48.6 Å². The first-order valence-corrected chi connectivity index (χ1v) is 9.59. The molecule has 0 aromatic heterocycles. The van der Waals surface area contributed by atoms with Gasteiger partial charge in [0, 0.05) is 54.6 Å². The number of anilines is 3. The first-order chi connectivity index (χ1) is 12.9. The Kier molecular flexibility index (Phi) is 4.26. The maximum absolute atomic E-state index is 2.32. The first kappa shape index (κ1) is 17.7. The van der Waals surface area contributed by atoms with Crippen LogP contribution in [0.2, 0.25) is 0 Å². The highest BCUT2D eigenvalue weighted by molar-refractivity contribution is 5.99. The van der Waals surface area contributed by atoms with Crippen LogP contribution in [-0.4, -0.2) is 42.3 Å². The third-order valence-corrected chi connectivity index (χ3v) is 5.64. The fourth-order valence-corrected chi connectivity index (χ4v) is 4.68. The number of fused-ring (bicyclic) bond motifs is 3. The minimum Gasteiger partial charge on any atom is -0.376 e. The van der Waals surface area contributed by atoms with Crippen molar-refractivity contribution in [1.82, 2.24) is 0 Å². The van der Waals surface area contributed by atoms with Gasteiger partial charge in [0.1, 0.15) is 0 Å². The molecular weight excluding hydrogens is 330 g/mol. The summed E-state index contributed by atoms with van der Waals surface area (Å²) in [7, 11) is 13.0. The Morgan fingerprint density at radius 3 is 1.93 bits per heavy atom. The molecule has 3 nitrogen and oxygen atoms in total. The third-order valence-electron chi connectivity index (χ3n) is 5.64. The summed E-state index contributed by atoms with van der Waals surface area (Å²) in [5.74, 6) is 0.317. The minimum absolute atomic E-state index is 0.317. The van der Waals surface area contributed by atoms with Crippen molar-refractivity contribution in [2.75, 3.05) is 57.0 Å². The predicted molar refractivity (Wildman–Crippen MR) is 119 cm³/mol. The smallest absolute Gasteiger partial charge is 0.0842 e. The van der Waals surface area contributed by atoms with E-state index in [1.54, 1.807) is 0 Å². The van der Waals surface area contributed by atoms with E-state index in [9.17, 15) is 0 Å². The molecule has 0 saturated heterocycles. The van der Waals surface area contributed by atoms with Crippen molar-refractivity contribution in [3.05, 3.63) is 65.3 Å². The summed E-state index contributed by atoms with van der Waals surface area (Å²) in [5, 5.41) is 0. The molecule has 0 radical (unpaired) electrons. The molecule has 4 rings (SSSR count). The molecule has 2 aliphatic rings. The molecule has 0 spiro atoms. The molecule has 27 heavy (non-hydrogen) atoms. The fourth-order valence-electron chi connectivity index (χ4n) is 4.68. The average molecular weight is 360 g/mol. The zero-order valence-corrected chi connectivity index (χ0v) is 17.2. The molecule has 140 valence electrons. The third kappa shape index (κ3) is 2.64. The Labute approximate surface area is 163 Å². The molecule has 0 bridgehead atoms. The van der Waals surface area contributed by atoms with E-state index in [1.807, 2.05) is 0 Å². The Hall–Kier alpha value is -2.68. The van der Waals surface area contributed by atoms with E-state index in [0.29, 0.717) is 5.92 Å². The van der Waals surface area contributed by atoms with E-state index in [4.69, 9.17) is 0 Å². The van der Waals surface area contributed by atoms with Crippen molar-refractivity contribution in [3.63, 3.8) is 0 Å². The van der Waals surface area contributed by atoms with E-state index in [0.717, 1.165) is 6.42 Å². The van der Waals surface area contributed by atoms with Crippen LogP contribution >= 0.6 is 0 Å². The number of nitrogens with zero attached hydrogens (tertiary/aromatic N) is 3. The van der Waals surface area contributed by atoms with E-state index >= 15 is 0 Å². The SMILES string of the molecule is CN(C)c1c2c(c(C3C=CC=C3)c(N(C)C)c1N(C)C)-c1ccccc1C2. The Morgan fingerprint density at radius 2 is 1.33 bits per heavy atom. The van der Waals surface area contributed by atoms with Crippen LogP contribution in [0.5, 0.6) is 0 Å². The molecule has 2 aromatic carbocycles. The van der Waals surface area contributed by atoms with E-state index in [2.05, 4.69) is 106 Å². The molecule has 0 heterocycles. The molecule has 0 fully saturated rings. The second-order valence-electron chi connectivity index (χ2n) is 8.13. The Bertz CT molecular complexity index is 937. The van der Waals surface area contributed by atoms with Gasteiger partial charge in [-0.1, -0.05) is 48.6 Å². The Morgan fingerprint density at radius 1 is 0.741 bits per heavy atom. The predicted octanol–water partition coefficient (Wildman–Crippen LogP) is 4.67. The lowest BCUT2D eigenvalue weighted by atomic mass is 9.86. The fraction of sp³-hybridized carbons (Fsp3) is 0.333. The van der Waals surface area contributed by atoms with Crippen LogP contribution in [0, 0.1) is 0 Å². The zero-order valence-electron chi connectivity index (χ0n) is 17.2. The van der Waals surface area contributed by atoms with Crippen molar-refractivity contribution >= 4 is 17.1 Å². The second kappa shape index (κ2) is 6.49. The number of benzene rings is 2. The summed E-state index contributed by atoms with van der Waals surface area (Å²) >= 11 is 0. The highest BCUT2D eigenvalue weighted by atomic mass is 15.2. The van der Waals surface area contributed by atoms with E-state index in [1.165, 1.54) is 44.9 Å². The molecule has 0 unspecified atom stereocenters. The molecular formula is C24H29N3. The lowest BCUT2D eigenvalue weighted by molar-refractivity contribution is 0.996. The van der Waals surface area contributed by atoms with Crippen LogP contribution in [0.25, 0.3) is 11.1 Å². The molecule has 2 aliphatic carbocycles. The van der Waals surface area contributed by atoms with Crippen molar-refractivity contribution in [2.45, 2.75) is 12.3 Å². The minimum atomic E-state index is 0.317. The van der Waals surface area contributed by atoms with Crippen LogP contribution in [-0.2, 0) is 6.42 Å². The van der Waals surface area contributed by atoms with Gasteiger partial charge in [-0.05, 0) is 27.8 Å². The number of hydrogen-bond acceptors (Lipinski definition) is 3. The van der Waals surface area contributed by atoms with Crippen LogP contribution in [0.3, 0.4) is 0 Å². The van der Waals surface area contributed by atoms with Gasteiger partial charge < -0.3 is 14.7 Å². The maximum atomic E-state index is 2.32. The van der Waals surface area contributed by atoms with Gasteiger partial charge >= 0.3 is 0 Å². The van der Waals surface area contributed by atoms with Gasteiger partial charge in [-0.15, -0.1) is 0 Å². The highest BCUT2D eigenvalue weighted by Crippen LogP contribution is 2.55. The van der Waals surface area contributed by atoms with Gasteiger partial charge in [-0.2, -0.15) is 0 Å². The zero-order chi connectivity index (χ0) is 19.3. The molecule has 0 saturated carbocycles. The molecule has 0 N–H and O–H groups in total. The van der Waals surface area contributed by atoms with Crippen molar-refractivity contribution < 1.29 is 0 Å². The highest BCUT2D eigenvalue weighted by Gasteiger charge is 2.34. The number of hydrogen-bond donors (Lipinski definition) is 0. The molecule has 3 heteroatoms. The maximum Gasteiger partial charge on any atom is 0.0842 e. The van der Waals surface area contributed by atoms with Gasteiger partial charge in [-0.3, -0.25) is 0 Å². The van der Waals surface area contributed by atoms with Gasteiger partial charge in [-0.25, -0.2) is 0 Å². The van der Waals surface area contributed by atoms with Gasteiger partial charge in [0.05, 0.1) is 17.1 Å².